The van der Waals surface area contributed by atoms with Gasteiger partial charge in [-0.2, -0.15) is 4.98 Å². The fourth-order valence-electron chi connectivity index (χ4n) is 3.69. The predicted octanol–water partition coefficient (Wildman–Crippen LogP) is 4.34. The second kappa shape index (κ2) is 9.39. The average molecular weight is 436 g/mol. The number of rotatable bonds is 7. The van der Waals surface area contributed by atoms with Crippen LogP contribution in [-0.2, 0) is 17.6 Å². The lowest BCUT2D eigenvalue weighted by Gasteiger charge is -2.27. The fourth-order valence-corrected chi connectivity index (χ4v) is 4.61. The first-order valence-electron chi connectivity index (χ1n) is 10.4. The van der Waals surface area contributed by atoms with Crippen molar-refractivity contribution >= 4 is 23.5 Å². The number of aromatic nitrogens is 2. The van der Waals surface area contributed by atoms with Crippen molar-refractivity contribution in [2.75, 3.05) is 11.9 Å². The molecular formula is C24H25N3O3S. The van der Waals surface area contributed by atoms with Gasteiger partial charge in [0.15, 0.2) is 5.16 Å². The molecule has 2 aromatic carbocycles. The van der Waals surface area contributed by atoms with Crippen LogP contribution in [0.15, 0.2) is 64.5 Å². The van der Waals surface area contributed by atoms with Crippen molar-refractivity contribution in [3.05, 3.63) is 81.6 Å². The molecule has 1 aromatic heterocycles. The van der Waals surface area contributed by atoms with Crippen molar-refractivity contribution in [2.45, 2.75) is 36.6 Å². The van der Waals surface area contributed by atoms with Gasteiger partial charge in [0.05, 0.1) is 12.2 Å². The molecule has 0 fully saturated rings. The highest BCUT2D eigenvalue weighted by Crippen LogP contribution is 2.36. The zero-order chi connectivity index (χ0) is 21.8. The van der Waals surface area contributed by atoms with Crippen molar-refractivity contribution in [1.29, 1.82) is 0 Å². The molecule has 0 unspecified atom stereocenters. The normalized spacial score (nSPS) is 15.3. The van der Waals surface area contributed by atoms with Gasteiger partial charge in [-0.3, -0.25) is 9.59 Å². The van der Waals surface area contributed by atoms with Gasteiger partial charge in [-0.05, 0) is 29.7 Å². The Bertz CT molecular complexity index is 1130. The number of ether oxygens (including phenoxy) is 1. The number of thioether (sulfide) groups is 1. The first-order chi connectivity index (χ1) is 15.1. The zero-order valence-electron chi connectivity index (χ0n) is 17.6. The summed E-state index contributed by atoms with van der Waals surface area (Å²) in [6, 6.07) is 17.6. The van der Waals surface area contributed by atoms with E-state index in [0.717, 1.165) is 23.3 Å². The van der Waals surface area contributed by atoms with Crippen LogP contribution in [0.1, 0.15) is 42.4 Å². The van der Waals surface area contributed by atoms with E-state index in [1.165, 1.54) is 11.8 Å². The minimum atomic E-state index is -0.330. The molecule has 4 rings (SSSR count). The summed E-state index contributed by atoms with van der Waals surface area (Å²) in [4.78, 5) is 29.9. The van der Waals surface area contributed by atoms with Gasteiger partial charge >= 0.3 is 0 Å². The average Bonchev–Trinajstić information content (AvgIpc) is 2.79. The zero-order valence-corrected chi connectivity index (χ0v) is 18.4. The molecule has 1 N–H and O–H groups in total. The standard InChI is InChI=1S/C24H25N3O3S/c1-3-13-30-18-11-9-17(10-12-18)19-14-20(28)25-22-21(19)23(29)26-24(27(22)2)31-15-16-7-5-4-6-8-16/h4-12,19H,3,13-15H2,1-2H3,(H,25,28)/t19-/m0/s1. The number of carbonyl (C=O) groups excluding carboxylic acids is 1. The lowest BCUT2D eigenvalue weighted by Crippen LogP contribution is -2.33. The molecule has 31 heavy (non-hydrogen) atoms. The van der Waals surface area contributed by atoms with Crippen molar-refractivity contribution < 1.29 is 9.53 Å². The third kappa shape index (κ3) is 4.66. The van der Waals surface area contributed by atoms with Crippen LogP contribution in [0.2, 0.25) is 0 Å². The molecule has 6 nitrogen and oxygen atoms in total. The highest BCUT2D eigenvalue weighted by molar-refractivity contribution is 7.98. The third-order valence-electron chi connectivity index (χ3n) is 5.27. The van der Waals surface area contributed by atoms with Gasteiger partial charge in [0.2, 0.25) is 5.91 Å². The van der Waals surface area contributed by atoms with Crippen LogP contribution in [0, 0.1) is 0 Å². The second-order valence-electron chi connectivity index (χ2n) is 7.52. The number of nitrogens with zero attached hydrogens (tertiary/aromatic N) is 2. The summed E-state index contributed by atoms with van der Waals surface area (Å²) in [5.41, 5.74) is 2.30. The van der Waals surface area contributed by atoms with Gasteiger partial charge in [-0.15, -0.1) is 0 Å². The van der Waals surface area contributed by atoms with E-state index in [-0.39, 0.29) is 23.8 Å². The van der Waals surface area contributed by atoms with Gasteiger partial charge in [0.25, 0.3) is 5.56 Å². The summed E-state index contributed by atoms with van der Waals surface area (Å²) in [5.74, 6) is 1.57. The highest BCUT2D eigenvalue weighted by Gasteiger charge is 2.32. The van der Waals surface area contributed by atoms with E-state index in [9.17, 15) is 9.59 Å². The number of amides is 1. The predicted molar refractivity (Wildman–Crippen MR) is 123 cm³/mol. The van der Waals surface area contributed by atoms with Crippen LogP contribution in [0.3, 0.4) is 0 Å². The maximum Gasteiger partial charge on any atom is 0.279 e. The van der Waals surface area contributed by atoms with Crippen LogP contribution in [0.25, 0.3) is 0 Å². The quantitative estimate of drug-likeness (QED) is 0.442. The Labute approximate surface area is 185 Å². The Balaban J connectivity index is 1.65. The molecule has 1 atom stereocenters. The fraction of sp³-hybridized carbons (Fsp3) is 0.292. The number of nitrogens with one attached hydrogen (secondary N) is 1. The Morgan fingerprint density at radius 2 is 1.87 bits per heavy atom. The second-order valence-corrected chi connectivity index (χ2v) is 8.46. The van der Waals surface area contributed by atoms with E-state index < -0.39 is 0 Å². The number of carbonyl (C=O) groups is 1. The summed E-state index contributed by atoms with van der Waals surface area (Å²) in [6.45, 7) is 2.71. The van der Waals surface area contributed by atoms with Gasteiger partial charge in [0.1, 0.15) is 11.6 Å². The molecular weight excluding hydrogens is 410 g/mol. The number of anilines is 1. The van der Waals surface area contributed by atoms with E-state index in [1.54, 1.807) is 0 Å². The van der Waals surface area contributed by atoms with Crippen LogP contribution >= 0.6 is 11.8 Å². The summed E-state index contributed by atoms with van der Waals surface area (Å²) in [7, 11) is 1.84. The van der Waals surface area contributed by atoms with Crippen LogP contribution in [0.4, 0.5) is 5.82 Å². The summed E-state index contributed by atoms with van der Waals surface area (Å²) in [6.07, 6.45) is 1.15. The smallest absolute Gasteiger partial charge is 0.279 e. The minimum absolute atomic E-state index is 0.107. The molecule has 2 heterocycles. The molecule has 1 aliphatic heterocycles. The molecule has 1 aliphatic rings. The molecule has 0 radical (unpaired) electrons. The number of hydrogen-bond acceptors (Lipinski definition) is 5. The molecule has 0 aliphatic carbocycles. The van der Waals surface area contributed by atoms with E-state index in [4.69, 9.17) is 4.74 Å². The lowest BCUT2D eigenvalue weighted by atomic mass is 9.87. The van der Waals surface area contributed by atoms with Gasteiger partial charge in [-0.25, -0.2) is 0 Å². The van der Waals surface area contributed by atoms with Crippen molar-refractivity contribution in [3.8, 4) is 5.75 Å². The summed E-state index contributed by atoms with van der Waals surface area (Å²) in [5, 5.41) is 3.47. The Kier molecular flexibility index (Phi) is 6.42. The molecule has 7 heteroatoms. The molecule has 0 saturated heterocycles. The lowest BCUT2D eigenvalue weighted by molar-refractivity contribution is -0.116. The molecule has 0 spiro atoms. The van der Waals surface area contributed by atoms with E-state index in [2.05, 4.69) is 17.2 Å². The third-order valence-corrected chi connectivity index (χ3v) is 6.37. The van der Waals surface area contributed by atoms with Crippen molar-refractivity contribution in [2.24, 2.45) is 7.05 Å². The maximum atomic E-state index is 13.0. The van der Waals surface area contributed by atoms with Crippen LogP contribution in [-0.4, -0.2) is 22.1 Å². The highest BCUT2D eigenvalue weighted by atomic mass is 32.2. The summed E-state index contributed by atoms with van der Waals surface area (Å²) < 4.78 is 7.46. The Hall–Kier alpha value is -3.06. The number of hydrogen-bond donors (Lipinski definition) is 1. The Morgan fingerprint density at radius 3 is 2.58 bits per heavy atom. The minimum Gasteiger partial charge on any atom is -0.494 e. The number of benzene rings is 2. The molecule has 160 valence electrons. The molecule has 0 saturated carbocycles. The SMILES string of the molecule is CCCOc1ccc([C@@H]2CC(=O)Nc3c2c(=O)nc(SCc2ccccc2)n3C)cc1. The summed E-state index contributed by atoms with van der Waals surface area (Å²) >= 11 is 1.48. The largest absolute Gasteiger partial charge is 0.494 e. The van der Waals surface area contributed by atoms with Gasteiger partial charge in [-0.1, -0.05) is 61.2 Å². The maximum absolute atomic E-state index is 13.0. The topological polar surface area (TPSA) is 73.2 Å². The van der Waals surface area contributed by atoms with E-state index >= 15 is 0 Å². The van der Waals surface area contributed by atoms with E-state index in [0.29, 0.717) is 28.9 Å². The van der Waals surface area contributed by atoms with Crippen molar-refractivity contribution in [1.82, 2.24) is 9.55 Å². The first kappa shape index (κ1) is 21.2. The van der Waals surface area contributed by atoms with E-state index in [1.807, 2.05) is 66.2 Å². The Morgan fingerprint density at radius 1 is 1.13 bits per heavy atom. The van der Waals surface area contributed by atoms with Gasteiger partial charge < -0.3 is 14.6 Å². The monoisotopic (exact) mass is 435 g/mol. The number of fused-ring (bicyclic) bond motifs is 1. The van der Waals surface area contributed by atoms with Gasteiger partial charge in [0, 0.05) is 25.1 Å². The molecule has 3 aromatic rings. The van der Waals surface area contributed by atoms with Crippen LogP contribution < -0.4 is 15.6 Å². The molecule has 1 amide bonds. The first-order valence-corrected chi connectivity index (χ1v) is 11.4. The van der Waals surface area contributed by atoms with Crippen molar-refractivity contribution in [3.63, 3.8) is 0 Å². The van der Waals surface area contributed by atoms with Crippen LogP contribution in [0.5, 0.6) is 5.75 Å². The molecule has 0 bridgehead atoms.